The molecule has 32 heavy (non-hydrogen) atoms. The largest absolute Gasteiger partial charge is 0.396 e. The second kappa shape index (κ2) is 17.8. The quantitative estimate of drug-likeness (QED) is 0.125. The second-order valence-electron chi connectivity index (χ2n) is 8.36. The van der Waals surface area contributed by atoms with Crippen LogP contribution >= 0.6 is 12.2 Å². The number of rotatable bonds is 16. The van der Waals surface area contributed by atoms with Crippen LogP contribution in [0.5, 0.6) is 0 Å². The van der Waals surface area contributed by atoms with E-state index in [9.17, 15) is 15.0 Å². The van der Waals surface area contributed by atoms with Gasteiger partial charge in [-0.2, -0.15) is 0 Å². The van der Waals surface area contributed by atoms with Crippen molar-refractivity contribution in [2.75, 3.05) is 11.9 Å². The van der Waals surface area contributed by atoms with Crippen LogP contribution in [0.4, 0.5) is 5.69 Å². The van der Waals surface area contributed by atoms with E-state index in [0.29, 0.717) is 24.4 Å². The Balaban J connectivity index is 1.98. The maximum absolute atomic E-state index is 11.9. The van der Waals surface area contributed by atoms with E-state index in [4.69, 9.17) is 17.3 Å². The van der Waals surface area contributed by atoms with Gasteiger partial charge in [-0.15, -0.1) is 0 Å². The number of hydrazine groups is 1. The zero-order valence-electron chi connectivity index (χ0n) is 19.3. The molecule has 1 amide bonds. The highest BCUT2D eigenvalue weighted by Crippen LogP contribution is 2.14. The van der Waals surface area contributed by atoms with E-state index < -0.39 is 12.2 Å². The van der Waals surface area contributed by atoms with Crippen molar-refractivity contribution in [3.05, 3.63) is 29.8 Å². The molecule has 0 saturated carbocycles. The Morgan fingerprint density at radius 2 is 1.38 bits per heavy atom. The van der Waals surface area contributed by atoms with Gasteiger partial charge >= 0.3 is 0 Å². The summed E-state index contributed by atoms with van der Waals surface area (Å²) < 4.78 is 0. The Morgan fingerprint density at radius 1 is 0.844 bits per heavy atom. The van der Waals surface area contributed by atoms with E-state index >= 15 is 0 Å². The number of aryl methyl sites for hydroxylation is 1. The summed E-state index contributed by atoms with van der Waals surface area (Å²) in [5.41, 5.74) is 7.34. The third-order valence-corrected chi connectivity index (χ3v) is 5.58. The lowest BCUT2D eigenvalue weighted by Gasteiger charge is -2.17. The Hall–Kier alpha value is -1.74. The summed E-state index contributed by atoms with van der Waals surface area (Å²) in [6.45, 7) is 2.23. The molecule has 1 aromatic rings. The van der Waals surface area contributed by atoms with Gasteiger partial charge in [0.15, 0.2) is 5.11 Å². The average Bonchev–Trinajstić information content (AvgIpc) is 2.78. The first kappa shape index (κ1) is 28.3. The normalized spacial score (nSPS) is 12.8. The first-order valence-electron chi connectivity index (χ1n) is 11.8. The van der Waals surface area contributed by atoms with Crippen molar-refractivity contribution in [2.24, 2.45) is 0 Å². The van der Waals surface area contributed by atoms with Crippen molar-refractivity contribution >= 4 is 28.9 Å². The monoisotopic (exact) mass is 467 g/mol. The van der Waals surface area contributed by atoms with Crippen LogP contribution in [0.2, 0.25) is 0 Å². The number of aliphatic hydroxyl groups is 3. The smallest absolute Gasteiger partial charge is 0.238 e. The topological polar surface area (TPSA) is 114 Å². The summed E-state index contributed by atoms with van der Waals surface area (Å²) in [5.74, 6) is -0.101. The van der Waals surface area contributed by atoms with Gasteiger partial charge in [0.25, 0.3) is 0 Å². The van der Waals surface area contributed by atoms with Crippen molar-refractivity contribution in [1.29, 1.82) is 0 Å². The molecule has 0 aliphatic rings. The highest BCUT2D eigenvalue weighted by Gasteiger charge is 2.15. The Kier molecular flexibility index (Phi) is 15.7. The van der Waals surface area contributed by atoms with Gasteiger partial charge in [0, 0.05) is 18.7 Å². The minimum atomic E-state index is -0.665. The lowest BCUT2D eigenvalue weighted by molar-refractivity contribution is -0.121. The van der Waals surface area contributed by atoms with Crippen LogP contribution in [0.1, 0.15) is 82.6 Å². The number of aliphatic hydroxyl groups excluding tert-OH is 3. The van der Waals surface area contributed by atoms with Gasteiger partial charge in [0.2, 0.25) is 5.91 Å². The van der Waals surface area contributed by atoms with Crippen LogP contribution in [-0.2, 0) is 4.79 Å². The first-order chi connectivity index (χ1) is 15.4. The SMILES string of the molecule is Cc1ccc(NC(=S)NNC(=O)CCCCCCCC(O)C(O)CCCCCCO)cc1. The van der Waals surface area contributed by atoms with E-state index in [1.54, 1.807) is 0 Å². The van der Waals surface area contributed by atoms with E-state index in [1.165, 1.54) is 0 Å². The molecule has 0 heterocycles. The zero-order valence-corrected chi connectivity index (χ0v) is 20.1. The Labute approximate surface area is 198 Å². The molecular weight excluding hydrogens is 426 g/mol. The highest BCUT2D eigenvalue weighted by atomic mass is 32.1. The van der Waals surface area contributed by atoms with E-state index in [-0.39, 0.29) is 12.5 Å². The van der Waals surface area contributed by atoms with Gasteiger partial charge in [-0.3, -0.25) is 15.6 Å². The van der Waals surface area contributed by atoms with E-state index in [1.807, 2.05) is 31.2 Å². The maximum atomic E-state index is 11.9. The fraction of sp³-hybridized carbons (Fsp3) is 0.667. The molecule has 0 aliphatic carbocycles. The van der Waals surface area contributed by atoms with Gasteiger partial charge in [-0.1, -0.05) is 62.6 Å². The molecule has 1 aromatic carbocycles. The van der Waals surface area contributed by atoms with Crippen molar-refractivity contribution in [2.45, 2.75) is 96.2 Å². The Morgan fingerprint density at radius 3 is 1.97 bits per heavy atom. The summed E-state index contributed by atoms with van der Waals surface area (Å²) >= 11 is 5.17. The molecule has 0 fully saturated rings. The lowest BCUT2D eigenvalue weighted by Crippen LogP contribution is -2.43. The summed E-state index contributed by atoms with van der Waals surface area (Å²) in [5, 5.41) is 32.1. The number of carbonyl (C=O) groups is 1. The fourth-order valence-corrected chi connectivity index (χ4v) is 3.53. The fourth-order valence-electron chi connectivity index (χ4n) is 3.36. The summed E-state index contributed by atoms with van der Waals surface area (Å²) in [6, 6.07) is 7.81. The van der Waals surface area contributed by atoms with Crippen molar-refractivity contribution in [1.82, 2.24) is 10.9 Å². The number of anilines is 1. The number of hydrogen-bond donors (Lipinski definition) is 6. The van der Waals surface area contributed by atoms with Crippen LogP contribution in [0.25, 0.3) is 0 Å². The lowest BCUT2D eigenvalue weighted by atomic mass is 10.00. The molecule has 0 radical (unpaired) electrons. The molecule has 2 unspecified atom stereocenters. The first-order valence-corrected chi connectivity index (χ1v) is 12.2. The summed E-state index contributed by atoms with van der Waals surface area (Å²) in [7, 11) is 0. The third-order valence-electron chi connectivity index (χ3n) is 5.38. The molecule has 0 saturated heterocycles. The number of nitrogens with one attached hydrogen (secondary N) is 3. The molecular formula is C24H41N3O4S. The molecule has 0 bridgehead atoms. The van der Waals surface area contributed by atoms with Gasteiger partial charge in [0.1, 0.15) is 0 Å². The predicted octanol–water partition coefficient (Wildman–Crippen LogP) is 3.71. The number of thiocarbonyl (C=S) groups is 1. The van der Waals surface area contributed by atoms with Crippen LogP contribution in [0, 0.1) is 6.92 Å². The predicted molar refractivity (Wildman–Crippen MR) is 133 cm³/mol. The second-order valence-corrected chi connectivity index (χ2v) is 8.77. The third kappa shape index (κ3) is 14.3. The molecule has 8 heteroatoms. The van der Waals surface area contributed by atoms with Crippen molar-refractivity contribution in [3.63, 3.8) is 0 Å². The number of unbranched alkanes of at least 4 members (excludes halogenated alkanes) is 7. The number of hydrogen-bond acceptors (Lipinski definition) is 5. The van der Waals surface area contributed by atoms with Gasteiger partial charge in [-0.05, 0) is 57.0 Å². The summed E-state index contributed by atoms with van der Waals surface area (Å²) in [6.07, 6.45) is 8.52. The maximum Gasteiger partial charge on any atom is 0.238 e. The standard InChI is InChI=1S/C24H41N3O4S/c1-19-14-16-20(17-15-19)25-24(32)27-26-23(31)13-9-4-2-3-7-11-21(29)22(30)12-8-5-6-10-18-28/h14-17,21-22,28-30H,2-13,18H2,1H3,(H,26,31)(H2,25,27,32). The molecule has 0 aromatic heterocycles. The highest BCUT2D eigenvalue weighted by molar-refractivity contribution is 7.80. The average molecular weight is 468 g/mol. The van der Waals surface area contributed by atoms with Gasteiger partial charge in [0.05, 0.1) is 12.2 Å². The number of benzene rings is 1. The van der Waals surface area contributed by atoms with Crippen LogP contribution in [0.3, 0.4) is 0 Å². The Bertz CT molecular complexity index is 643. The van der Waals surface area contributed by atoms with Crippen LogP contribution < -0.4 is 16.2 Å². The minimum absolute atomic E-state index is 0.101. The number of amides is 1. The van der Waals surface area contributed by atoms with E-state index in [2.05, 4.69) is 16.2 Å². The molecule has 2 atom stereocenters. The molecule has 182 valence electrons. The zero-order chi connectivity index (χ0) is 23.6. The van der Waals surface area contributed by atoms with Gasteiger partial charge in [-0.25, -0.2) is 0 Å². The van der Waals surface area contributed by atoms with Crippen LogP contribution in [-0.4, -0.2) is 45.2 Å². The molecule has 0 spiro atoms. The summed E-state index contributed by atoms with van der Waals surface area (Å²) in [4.78, 5) is 11.9. The minimum Gasteiger partial charge on any atom is -0.396 e. The van der Waals surface area contributed by atoms with Gasteiger partial charge < -0.3 is 20.6 Å². The van der Waals surface area contributed by atoms with Crippen molar-refractivity contribution < 1.29 is 20.1 Å². The molecule has 6 N–H and O–H groups in total. The van der Waals surface area contributed by atoms with E-state index in [0.717, 1.165) is 69.0 Å². The van der Waals surface area contributed by atoms with Crippen molar-refractivity contribution in [3.8, 4) is 0 Å². The van der Waals surface area contributed by atoms with Crippen LogP contribution in [0.15, 0.2) is 24.3 Å². The molecule has 1 rings (SSSR count). The number of carbonyl (C=O) groups excluding carboxylic acids is 1. The molecule has 7 nitrogen and oxygen atoms in total. The molecule has 0 aliphatic heterocycles.